The zero-order valence-corrected chi connectivity index (χ0v) is 16.5. The van der Waals surface area contributed by atoms with Gasteiger partial charge in [-0.3, -0.25) is 0 Å². The highest BCUT2D eigenvalue weighted by atomic mass is 32.3. The van der Waals surface area contributed by atoms with Crippen molar-refractivity contribution in [3.63, 3.8) is 0 Å². The van der Waals surface area contributed by atoms with Crippen LogP contribution in [0.2, 0.25) is 0 Å². The average Bonchev–Trinajstić information content (AvgIpc) is 2.85. The molecule has 1 aliphatic rings. The number of carbonyl (C=O) groups is 1. The maximum atomic E-state index is 11.5. The lowest BCUT2D eigenvalue weighted by Crippen LogP contribution is -2.46. The van der Waals surface area contributed by atoms with Crippen molar-refractivity contribution >= 4 is 41.6 Å². The first-order valence-electron chi connectivity index (χ1n) is 7.55. The molecule has 136 valence electrons. The third kappa shape index (κ3) is 4.04. The number of aldehydes is 1. The molecular weight excluding hydrogens is 356 g/mol. The van der Waals surface area contributed by atoms with Crippen LogP contribution in [0.3, 0.4) is 0 Å². The number of hydrogen-bond acceptors (Lipinski definition) is 8. The molecule has 0 aliphatic heterocycles. The fourth-order valence-corrected chi connectivity index (χ4v) is 7.38. The number of aliphatic hydroxyl groups excluding tert-OH is 3. The number of rotatable bonds is 9. The maximum absolute atomic E-state index is 11.5. The summed E-state index contributed by atoms with van der Waals surface area (Å²) in [6.45, 7) is 1.37. The Morgan fingerprint density at radius 2 is 1.74 bits per heavy atom. The number of aliphatic hydroxyl groups is 4. The van der Waals surface area contributed by atoms with Crippen LogP contribution < -0.4 is 0 Å². The van der Waals surface area contributed by atoms with Gasteiger partial charge in [-0.25, -0.2) is 0 Å². The molecule has 1 rings (SSSR count). The van der Waals surface area contributed by atoms with E-state index in [-0.39, 0.29) is 11.8 Å². The van der Waals surface area contributed by atoms with Crippen LogP contribution in [0.1, 0.15) is 19.8 Å². The topological polar surface area (TPSA) is 98.0 Å². The highest BCUT2D eigenvalue weighted by Gasteiger charge is 2.57. The third-order valence-electron chi connectivity index (χ3n) is 4.97. The highest BCUT2D eigenvalue weighted by molar-refractivity contribution is 8.33. The predicted molar refractivity (Wildman–Crippen MR) is 98.8 cm³/mol. The van der Waals surface area contributed by atoms with E-state index in [0.29, 0.717) is 19.1 Å². The van der Waals surface area contributed by atoms with E-state index in [0.717, 1.165) is 0 Å². The fraction of sp³-hybridized carbons (Fsp3) is 0.933. The van der Waals surface area contributed by atoms with E-state index in [9.17, 15) is 20.1 Å². The Bertz CT molecular complexity index is 385. The van der Waals surface area contributed by atoms with Gasteiger partial charge in [-0.05, 0) is 43.4 Å². The van der Waals surface area contributed by atoms with Gasteiger partial charge in [0.25, 0.3) is 0 Å². The minimum absolute atomic E-state index is 0.0292. The molecule has 0 aromatic rings. The Morgan fingerprint density at radius 1 is 1.22 bits per heavy atom. The van der Waals surface area contributed by atoms with Gasteiger partial charge in [0.15, 0.2) is 0 Å². The zero-order valence-electron chi connectivity index (χ0n) is 14.0. The van der Waals surface area contributed by atoms with Crippen molar-refractivity contribution in [3.05, 3.63) is 0 Å². The van der Waals surface area contributed by atoms with Crippen molar-refractivity contribution in [2.45, 2.75) is 41.0 Å². The SMILES string of the molecule is CSC(SC)(SC)C1(O)CC(C)C(C(C=O)C(O)C(O)CO)C1. The summed E-state index contributed by atoms with van der Waals surface area (Å²) in [6, 6.07) is 0. The summed E-state index contributed by atoms with van der Waals surface area (Å²) in [5, 5.41) is 40.1. The number of carbonyl (C=O) groups excluding carboxylic acids is 1. The van der Waals surface area contributed by atoms with Crippen molar-refractivity contribution in [2.24, 2.45) is 17.8 Å². The normalized spacial score (nSPS) is 32.5. The molecule has 5 nitrogen and oxygen atoms in total. The molecule has 0 radical (unpaired) electrons. The van der Waals surface area contributed by atoms with Crippen molar-refractivity contribution < 1.29 is 25.2 Å². The van der Waals surface area contributed by atoms with Gasteiger partial charge < -0.3 is 25.2 Å². The molecule has 6 atom stereocenters. The van der Waals surface area contributed by atoms with E-state index in [1.165, 1.54) is 0 Å². The third-order valence-corrected chi connectivity index (χ3v) is 10.7. The van der Waals surface area contributed by atoms with E-state index in [1.807, 2.05) is 25.7 Å². The second-order valence-corrected chi connectivity index (χ2v) is 10.0. The van der Waals surface area contributed by atoms with Crippen molar-refractivity contribution in [2.75, 3.05) is 25.4 Å². The molecule has 1 saturated carbocycles. The van der Waals surface area contributed by atoms with Crippen LogP contribution >= 0.6 is 35.3 Å². The summed E-state index contributed by atoms with van der Waals surface area (Å²) in [6.07, 6.45) is 4.79. The van der Waals surface area contributed by atoms with E-state index in [1.54, 1.807) is 35.3 Å². The van der Waals surface area contributed by atoms with Crippen molar-refractivity contribution in [1.29, 1.82) is 0 Å². The highest BCUT2D eigenvalue weighted by Crippen LogP contribution is 2.60. The quantitative estimate of drug-likeness (QED) is 0.346. The molecule has 8 heteroatoms. The standard InChI is InChI=1S/C15H28O5S3/c1-9-5-14(20,15(21-2,22-3)23-4)6-10(9)11(7-16)13(19)12(18)8-17/h7,9-13,17-20H,5-6,8H2,1-4H3. The lowest BCUT2D eigenvalue weighted by molar-refractivity contribution is -0.123. The molecule has 23 heavy (non-hydrogen) atoms. The van der Waals surface area contributed by atoms with E-state index in [4.69, 9.17) is 5.11 Å². The summed E-state index contributed by atoms with van der Waals surface area (Å²) in [7, 11) is 0. The maximum Gasteiger partial charge on any atom is 0.135 e. The molecule has 1 aliphatic carbocycles. The summed E-state index contributed by atoms with van der Waals surface area (Å²) in [5.74, 6) is -1.01. The molecule has 6 unspecified atom stereocenters. The first-order valence-corrected chi connectivity index (χ1v) is 11.2. The van der Waals surface area contributed by atoms with Gasteiger partial charge in [0.2, 0.25) is 0 Å². The Kier molecular flexibility index (Phi) is 8.25. The average molecular weight is 385 g/mol. The summed E-state index contributed by atoms with van der Waals surface area (Å²) >= 11 is 4.78. The largest absolute Gasteiger partial charge is 0.394 e. The molecule has 0 aromatic carbocycles. The smallest absolute Gasteiger partial charge is 0.135 e. The Labute approximate surface area is 151 Å². The van der Waals surface area contributed by atoms with Gasteiger partial charge in [0, 0.05) is 5.92 Å². The molecule has 0 heterocycles. The lowest BCUT2D eigenvalue weighted by Gasteiger charge is -2.42. The van der Waals surface area contributed by atoms with Crippen LogP contribution in [0.25, 0.3) is 0 Å². The second-order valence-electron chi connectivity index (χ2n) is 6.20. The Morgan fingerprint density at radius 3 is 2.13 bits per heavy atom. The first kappa shape index (κ1) is 21.6. The van der Waals surface area contributed by atoms with Crippen LogP contribution in [0, 0.1) is 17.8 Å². The molecule has 0 bridgehead atoms. The summed E-state index contributed by atoms with van der Waals surface area (Å²) in [5.41, 5.74) is -0.972. The molecule has 0 spiro atoms. The predicted octanol–water partition coefficient (Wildman–Crippen LogP) is 1.04. The number of thioether (sulfide) groups is 3. The molecule has 0 aromatic heterocycles. The molecule has 1 fully saturated rings. The Balaban J connectivity index is 3.06. The fourth-order valence-electron chi connectivity index (χ4n) is 3.74. The van der Waals surface area contributed by atoms with Gasteiger partial charge in [-0.2, -0.15) is 0 Å². The van der Waals surface area contributed by atoms with Crippen LogP contribution in [-0.4, -0.2) is 73.3 Å². The van der Waals surface area contributed by atoms with E-state index < -0.39 is 33.7 Å². The zero-order chi connectivity index (χ0) is 17.8. The first-order chi connectivity index (χ1) is 10.8. The molecule has 4 N–H and O–H groups in total. The second kappa shape index (κ2) is 8.78. The van der Waals surface area contributed by atoms with Gasteiger partial charge in [-0.15, -0.1) is 35.3 Å². The minimum Gasteiger partial charge on any atom is -0.394 e. The van der Waals surface area contributed by atoms with Gasteiger partial charge in [-0.1, -0.05) is 6.92 Å². The van der Waals surface area contributed by atoms with Gasteiger partial charge in [0.1, 0.15) is 15.8 Å². The van der Waals surface area contributed by atoms with Crippen LogP contribution in [0.4, 0.5) is 0 Å². The number of hydrogen-bond donors (Lipinski definition) is 4. The van der Waals surface area contributed by atoms with Crippen molar-refractivity contribution in [1.82, 2.24) is 0 Å². The lowest BCUT2D eigenvalue weighted by atomic mass is 9.80. The van der Waals surface area contributed by atoms with E-state index >= 15 is 0 Å². The molecule has 0 saturated heterocycles. The molecular formula is C15H28O5S3. The monoisotopic (exact) mass is 384 g/mol. The summed E-state index contributed by atoms with van der Waals surface area (Å²) in [4.78, 5) is 11.5. The van der Waals surface area contributed by atoms with E-state index in [2.05, 4.69) is 0 Å². The van der Waals surface area contributed by atoms with Crippen LogP contribution in [0.15, 0.2) is 0 Å². The minimum atomic E-state index is -1.35. The molecule has 0 amide bonds. The van der Waals surface area contributed by atoms with Gasteiger partial charge >= 0.3 is 0 Å². The van der Waals surface area contributed by atoms with Gasteiger partial charge in [0.05, 0.1) is 18.3 Å². The van der Waals surface area contributed by atoms with Crippen molar-refractivity contribution in [3.8, 4) is 0 Å². The Hall–Kier alpha value is 0.560. The van der Waals surface area contributed by atoms with Crippen LogP contribution in [-0.2, 0) is 4.79 Å². The summed E-state index contributed by atoms with van der Waals surface area (Å²) < 4.78 is -0.440. The van der Waals surface area contributed by atoms with Crippen LogP contribution in [0.5, 0.6) is 0 Å².